The summed E-state index contributed by atoms with van der Waals surface area (Å²) in [6, 6.07) is 11.1. The Morgan fingerprint density at radius 1 is 1.03 bits per heavy atom. The Kier molecular flexibility index (Phi) is 6.93. The Morgan fingerprint density at radius 3 is 2.43 bits per heavy atom. The van der Waals surface area contributed by atoms with Crippen LogP contribution in [-0.2, 0) is 19.6 Å². The molecule has 1 heterocycles. The summed E-state index contributed by atoms with van der Waals surface area (Å²) in [5.41, 5.74) is 5.12. The molecule has 0 saturated carbocycles. The highest BCUT2D eigenvalue weighted by Crippen LogP contribution is 2.18. The Morgan fingerprint density at radius 2 is 1.73 bits per heavy atom. The number of nitrogens with one attached hydrogen (secondary N) is 2. The molecular weight excluding hydrogens is 413 g/mol. The SMILES string of the molecule is O=C(/C=C/c1ccc(F)cc1)NNC(=O)c1cccc(S(=O)(=O)N2CCOCC2)c1. The third-order valence-corrected chi connectivity index (χ3v) is 6.20. The molecule has 2 N–H and O–H groups in total. The molecule has 2 aromatic rings. The van der Waals surface area contributed by atoms with Crippen molar-refractivity contribution in [2.75, 3.05) is 26.3 Å². The zero-order chi connectivity index (χ0) is 21.6. The number of halogens is 1. The fraction of sp³-hybridized carbons (Fsp3) is 0.200. The van der Waals surface area contributed by atoms with Gasteiger partial charge in [0.05, 0.1) is 18.1 Å². The molecule has 0 unspecified atom stereocenters. The van der Waals surface area contributed by atoms with E-state index in [9.17, 15) is 22.4 Å². The van der Waals surface area contributed by atoms with Gasteiger partial charge in [-0.25, -0.2) is 12.8 Å². The minimum atomic E-state index is -3.74. The number of amides is 2. The molecule has 1 aliphatic rings. The molecule has 0 spiro atoms. The number of ether oxygens (including phenoxy) is 1. The van der Waals surface area contributed by atoms with Gasteiger partial charge in [-0.1, -0.05) is 18.2 Å². The zero-order valence-corrected chi connectivity index (χ0v) is 16.7. The van der Waals surface area contributed by atoms with Crippen molar-refractivity contribution >= 4 is 27.9 Å². The smallest absolute Gasteiger partial charge is 0.269 e. The number of carbonyl (C=O) groups excluding carboxylic acids is 2. The molecule has 1 saturated heterocycles. The minimum absolute atomic E-state index is 0.0143. The van der Waals surface area contributed by atoms with Crippen LogP contribution < -0.4 is 10.9 Å². The van der Waals surface area contributed by atoms with Crippen molar-refractivity contribution < 1.29 is 27.1 Å². The average molecular weight is 433 g/mol. The molecule has 0 aliphatic carbocycles. The molecule has 0 aromatic heterocycles. The maximum absolute atomic E-state index is 12.9. The summed E-state index contributed by atoms with van der Waals surface area (Å²) in [5.74, 6) is -1.66. The Bertz CT molecular complexity index is 1050. The number of carbonyl (C=O) groups is 2. The number of sulfonamides is 1. The first kappa shape index (κ1) is 21.6. The molecule has 2 amide bonds. The van der Waals surface area contributed by atoms with Crippen molar-refractivity contribution in [2.45, 2.75) is 4.90 Å². The number of rotatable bonds is 5. The lowest BCUT2D eigenvalue weighted by Gasteiger charge is -2.26. The van der Waals surface area contributed by atoms with Crippen molar-refractivity contribution in [1.82, 2.24) is 15.2 Å². The predicted molar refractivity (Wildman–Crippen MR) is 107 cm³/mol. The molecule has 2 aromatic carbocycles. The van der Waals surface area contributed by atoms with Crippen LogP contribution in [0.15, 0.2) is 59.5 Å². The van der Waals surface area contributed by atoms with E-state index in [0.29, 0.717) is 18.8 Å². The largest absolute Gasteiger partial charge is 0.379 e. The molecule has 3 rings (SSSR count). The van der Waals surface area contributed by atoms with Gasteiger partial charge in [0.1, 0.15) is 5.82 Å². The third-order valence-electron chi connectivity index (χ3n) is 4.30. The van der Waals surface area contributed by atoms with Crippen LogP contribution in [0.25, 0.3) is 6.08 Å². The summed E-state index contributed by atoms with van der Waals surface area (Å²) in [5, 5.41) is 0. The number of hydrazine groups is 1. The van der Waals surface area contributed by atoms with Gasteiger partial charge < -0.3 is 4.74 Å². The second-order valence-corrected chi connectivity index (χ2v) is 8.31. The van der Waals surface area contributed by atoms with E-state index in [4.69, 9.17) is 4.74 Å². The van der Waals surface area contributed by atoms with E-state index < -0.39 is 21.8 Å². The summed E-state index contributed by atoms with van der Waals surface area (Å²) < 4.78 is 44.7. The Labute approximate surface area is 173 Å². The standard InChI is InChI=1S/C20H20FN3O5S/c21-17-7-4-15(5-8-17)6-9-19(25)22-23-20(26)16-2-1-3-18(14-16)30(27,28)24-10-12-29-13-11-24/h1-9,14H,10-13H2,(H,22,25)(H,23,26)/b9-6+. The van der Waals surface area contributed by atoms with Crippen LogP contribution in [0.5, 0.6) is 0 Å². The lowest BCUT2D eigenvalue weighted by atomic mass is 10.2. The van der Waals surface area contributed by atoms with E-state index in [-0.39, 0.29) is 29.4 Å². The highest BCUT2D eigenvalue weighted by Gasteiger charge is 2.26. The first-order valence-corrected chi connectivity index (χ1v) is 10.5. The minimum Gasteiger partial charge on any atom is -0.379 e. The maximum Gasteiger partial charge on any atom is 0.269 e. The van der Waals surface area contributed by atoms with E-state index in [2.05, 4.69) is 10.9 Å². The van der Waals surface area contributed by atoms with Crippen LogP contribution in [0.4, 0.5) is 4.39 Å². The summed E-state index contributed by atoms with van der Waals surface area (Å²) in [7, 11) is -3.74. The van der Waals surface area contributed by atoms with Crippen LogP contribution in [-0.4, -0.2) is 50.8 Å². The van der Waals surface area contributed by atoms with E-state index in [1.54, 1.807) is 0 Å². The maximum atomic E-state index is 12.9. The van der Waals surface area contributed by atoms with Crippen LogP contribution >= 0.6 is 0 Å². The molecule has 0 atom stereocenters. The van der Waals surface area contributed by atoms with Gasteiger partial charge in [-0.05, 0) is 42.0 Å². The lowest BCUT2D eigenvalue weighted by molar-refractivity contribution is -0.117. The molecule has 8 nitrogen and oxygen atoms in total. The molecule has 1 fully saturated rings. The number of hydrogen-bond donors (Lipinski definition) is 2. The van der Waals surface area contributed by atoms with Crippen LogP contribution in [0.2, 0.25) is 0 Å². The molecule has 0 bridgehead atoms. The number of hydrogen-bond acceptors (Lipinski definition) is 5. The Balaban J connectivity index is 1.61. The topological polar surface area (TPSA) is 105 Å². The molecule has 30 heavy (non-hydrogen) atoms. The van der Waals surface area contributed by atoms with E-state index >= 15 is 0 Å². The van der Waals surface area contributed by atoms with Crippen molar-refractivity contribution in [2.24, 2.45) is 0 Å². The second kappa shape index (κ2) is 9.61. The number of nitrogens with zero attached hydrogens (tertiary/aromatic N) is 1. The normalized spacial score (nSPS) is 15.1. The van der Waals surface area contributed by atoms with Gasteiger partial charge in [-0.15, -0.1) is 0 Å². The van der Waals surface area contributed by atoms with Crippen LogP contribution in [0, 0.1) is 5.82 Å². The number of morpholine rings is 1. The lowest BCUT2D eigenvalue weighted by Crippen LogP contribution is -2.41. The summed E-state index contributed by atoms with van der Waals surface area (Å²) >= 11 is 0. The van der Waals surface area contributed by atoms with Crippen LogP contribution in [0.1, 0.15) is 15.9 Å². The van der Waals surface area contributed by atoms with Crippen molar-refractivity contribution in [3.8, 4) is 0 Å². The molecular formula is C20H20FN3O5S. The first-order valence-electron chi connectivity index (χ1n) is 9.08. The van der Waals surface area contributed by atoms with Crippen LogP contribution in [0.3, 0.4) is 0 Å². The molecule has 0 radical (unpaired) electrons. The van der Waals surface area contributed by atoms with Gasteiger partial charge in [-0.3, -0.25) is 20.4 Å². The summed E-state index contributed by atoms with van der Waals surface area (Å²) in [4.78, 5) is 24.1. The van der Waals surface area contributed by atoms with Gasteiger partial charge in [-0.2, -0.15) is 4.31 Å². The van der Waals surface area contributed by atoms with Gasteiger partial charge in [0.25, 0.3) is 11.8 Å². The predicted octanol–water partition coefficient (Wildman–Crippen LogP) is 1.32. The average Bonchev–Trinajstić information content (AvgIpc) is 2.77. The highest BCUT2D eigenvalue weighted by molar-refractivity contribution is 7.89. The summed E-state index contributed by atoms with van der Waals surface area (Å²) in [6.07, 6.45) is 2.63. The number of benzene rings is 2. The Hall–Kier alpha value is -3.08. The van der Waals surface area contributed by atoms with Crippen molar-refractivity contribution in [1.29, 1.82) is 0 Å². The fourth-order valence-electron chi connectivity index (χ4n) is 2.71. The fourth-order valence-corrected chi connectivity index (χ4v) is 4.17. The third kappa shape index (κ3) is 5.50. The highest BCUT2D eigenvalue weighted by atomic mass is 32.2. The van der Waals surface area contributed by atoms with Gasteiger partial charge in [0, 0.05) is 24.7 Å². The van der Waals surface area contributed by atoms with Crippen molar-refractivity contribution in [3.63, 3.8) is 0 Å². The zero-order valence-electron chi connectivity index (χ0n) is 15.9. The molecule has 158 valence electrons. The van der Waals surface area contributed by atoms with Crippen molar-refractivity contribution in [3.05, 3.63) is 71.6 Å². The van der Waals surface area contributed by atoms with E-state index in [1.165, 1.54) is 65.0 Å². The first-order chi connectivity index (χ1) is 14.4. The van der Waals surface area contributed by atoms with E-state index in [1.807, 2.05) is 0 Å². The summed E-state index contributed by atoms with van der Waals surface area (Å²) in [6.45, 7) is 1.12. The quantitative estimate of drug-likeness (QED) is 0.547. The monoisotopic (exact) mass is 433 g/mol. The van der Waals surface area contributed by atoms with Gasteiger partial charge >= 0.3 is 0 Å². The molecule has 1 aliphatic heterocycles. The van der Waals surface area contributed by atoms with Gasteiger partial charge in [0.15, 0.2) is 0 Å². The van der Waals surface area contributed by atoms with E-state index in [0.717, 1.165) is 0 Å². The molecule has 10 heteroatoms. The van der Waals surface area contributed by atoms with Gasteiger partial charge in [0.2, 0.25) is 10.0 Å². The second-order valence-electron chi connectivity index (χ2n) is 6.37.